The predicted molar refractivity (Wildman–Crippen MR) is 72.5 cm³/mol. The van der Waals surface area contributed by atoms with E-state index in [1.165, 1.54) is 17.5 Å². The minimum Gasteiger partial charge on any atom is -0.394 e. The second kappa shape index (κ2) is 5.81. The Morgan fingerprint density at radius 1 is 1.67 bits per heavy atom. The Kier molecular flexibility index (Phi) is 4.36. The second-order valence-electron chi connectivity index (χ2n) is 4.51. The molecule has 0 aromatic carbocycles. The zero-order valence-electron chi connectivity index (χ0n) is 9.97. The van der Waals surface area contributed by atoms with Crippen molar-refractivity contribution >= 4 is 21.6 Å². The van der Waals surface area contributed by atoms with Crippen molar-refractivity contribution in [2.75, 3.05) is 18.5 Å². The predicted octanol–water partition coefficient (Wildman–Crippen LogP) is 0.147. The fourth-order valence-electron chi connectivity index (χ4n) is 1.76. The number of aliphatic hydroxyl groups is 1. The molecule has 1 aliphatic carbocycles. The van der Waals surface area contributed by atoms with E-state index in [9.17, 15) is 4.79 Å². The van der Waals surface area contributed by atoms with E-state index >= 15 is 0 Å². The van der Waals surface area contributed by atoms with Crippen molar-refractivity contribution in [1.29, 1.82) is 0 Å². The largest absolute Gasteiger partial charge is 0.394 e. The van der Waals surface area contributed by atoms with Gasteiger partial charge in [0.2, 0.25) is 0 Å². The average molecular weight is 317 g/mol. The number of nitrogens with zero attached hydrogens (tertiary/aromatic N) is 2. The molecule has 0 spiro atoms. The summed E-state index contributed by atoms with van der Waals surface area (Å²) in [5.74, 6) is 0.610. The highest BCUT2D eigenvalue weighted by Gasteiger charge is 2.28. The topological polar surface area (TPSA) is 93.2 Å². The van der Waals surface area contributed by atoms with E-state index in [0.29, 0.717) is 22.6 Å². The Hall–Kier alpha value is -0.920. The molecule has 0 aliphatic heterocycles. The summed E-state index contributed by atoms with van der Waals surface area (Å²) in [7, 11) is 0. The Balaban J connectivity index is 2.04. The Labute approximate surface area is 113 Å². The fraction of sp³-hybridized carbons (Fsp3) is 0.636. The lowest BCUT2D eigenvalue weighted by Gasteiger charge is -2.14. The Morgan fingerprint density at radius 2 is 2.39 bits per heavy atom. The molecule has 100 valence electrons. The molecule has 6 nitrogen and oxygen atoms in total. The van der Waals surface area contributed by atoms with E-state index in [2.05, 4.69) is 26.3 Å². The van der Waals surface area contributed by atoms with Gasteiger partial charge in [0, 0.05) is 12.6 Å². The summed E-state index contributed by atoms with van der Waals surface area (Å²) in [5, 5.41) is 15.9. The van der Waals surface area contributed by atoms with Crippen LogP contribution in [0.2, 0.25) is 0 Å². The van der Waals surface area contributed by atoms with E-state index in [-0.39, 0.29) is 24.8 Å². The molecular formula is C11H17BrN4O2. The van der Waals surface area contributed by atoms with Gasteiger partial charge in [-0.15, -0.1) is 0 Å². The maximum Gasteiger partial charge on any atom is 0.283 e. The van der Waals surface area contributed by atoms with Crippen molar-refractivity contribution in [2.24, 2.45) is 11.7 Å². The van der Waals surface area contributed by atoms with Gasteiger partial charge < -0.3 is 16.2 Å². The van der Waals surface area contributed by atoms with Crippen LogP contribution in [0.25, 0.3) is 0 Å². The Bertz CT molecular complexity index is 473. The van der Waals surface area contributed by atoms with Gasteiger partial charge in [-0.1, -0.05) is 0 Å². The molecule has 1 fully saturated rings. The zero-order chi connectivity index (χ0) is 13.1. The molecule has 1 aromatic rings. The average Bonchev–Trinajstić information content (AvgIpc) is 3.18. The fourth-order valence-corrected chi connectivity index (χ4v) is 2.21. The molecule has 18 heavy (non-hydrogen) atoms. The molecule has 2 rings (SSSR count). The van der Waals surface area contributed by atoms with Gasteiger partial charge in [-0.25, -0.2) is 4.68 Å². The van der Waals surface area contributed by atoms with Crippen LogP contribution in [-0.4, -0.2) is 34.1 Å². The molecule has 1 aliphatic rings. The monoisotopic (exact) mass is 316 g/mol. The first-order chi connectivity index (χ1) is 8.63. The van der Waals surface area contributed by atoms with Crippen LogP contribution >= 0.6 is 15.9 Å². The quantitative estimate of drug-likeness (QED) is 0.694. The summed E-state index contributed by atoms with van der Waals surface area (Å²) in [6, 6.07) is 0.122. The third kappa shape index (κ3) is 3.09. The van der Waals surface area contributed by atoms with Crippen LogP contribution in [0.15, 0.2) is 15.5 Å². The van der Waals surface area contributed by atoms with Crippen molar-refractivity contribution < 1.29 is 5.11 Å². The number of halogens is 1. The highest BCUT2D eigenvalue weighted by Crippen LogP contribution is 2.31. The maximum atomic E-state index is 11.8. The summed E-state index contributed by atoms with van der Waals surface area (Å²) in [6.45, 7) is 0.715. The van der Waals surface area contributed by atoms with Gasteiger partial charge in [-0.05, 0) is 34.7 Å². The van der Waals surface area contributed by atoms with Gasteiger partial charge in [0.15, 0.2) is 0 Å². The van der Waals surface area contributed by atoms with Gasteiger partial charge >= 0.3 is 0 Å². The molecule has 1 heterocycles. The maximum absolute atomic E-state index is 11.8. The van der Waals surface area contributed by atoms with Crippen LogP contribution < -0.4 is 16.6 Å². The van der Waals surface area contributed by atoms with Gasteiger partial charge in [-0.3, -0.25) is 4.79 Å². The highest BCUT2D eigenvalue weighted by atomic mass is 79.9. The number of hydrogen-bond donors (Lipinski definition) is 3. The van der Waals surface area contributed by atoms with E-state index in [4.69, 9.17) is 10.8 Å². The summed E-state index contributed by atoms with van der Waals surface area (Å²) >= 11 is 3.25. The number of aromatic nitrogens is 2. The van der Waals surface area contributed by atoms with E-state index in [1.807, 2.05) is 0 Å². The SMILES string of the molecule is NC(CNc1cnn(CCO)c(=O)c1Br)C1CC1. The number of anilines is 1. The molecule has 1 atom stereocenters. The number of aliphatic hydroxyl groups excluding tert-OH is 1. The molecule has 0 radical (unpaired) electrons. The normalized spacial score (nSPS) is 16.6. The first-order valence-electron chi connectivity index (χ1n) is 5.99. The van der Waals surface area contributed by atoms with Gasteiger partial charge in [0.05, 0.1) is 25.0 Å². The van der Waals surface area contributed by atoms with Crippen LogP contribution in [0.4, 0.5) is 5.69 Å². The number of nitrogens with one attached hydrogen (secondary N) is 1. The summed E-state index contributed by atoms with van der Waals surface area (Å²) in [6.07, 6.45) is 3.96. The zero-order valence-corrected chi connectivity index (χ0v) is 11.6. The first kappa shape index (κ1) is 13.5. The van der Waals surface area contributed by atoms with Crippen molar-refractivity contribution in [3.8, 4) is 0 Å². The smallest absolute Gasteiger partial charge is 0.283 e. The molecule has 1 aromatic heterocycles. The lowest BCUT2D eigenvalue weighted by molar-refractivity contribution is 0.266. The third-order valence-electron chi connectivity index (χ3n) is 3.05. The number of nitrogens with two attached hydrogens (primary N) is 1. The van der Waals surface area contributed by atoms with Crippen LogP contribution in [0.1, 0.15) is 12.8 Å². The molecule has 0 saturated heterocycles. The molecule has 0 bridgehead atoms. The first-order valence-corrected chi connectivity index (χ1v) is 6.78. The van der Waals surface area contributed by atoms with Crippen LogP contribution in [0, 0.1) is 5.92 Å². The minimum absolute atomic E-state index is 0.112. The van der Waals surface area contributed by atoms with E-state index in [1.54, 1.807) is 6.20 Å². The van der Waals surface area contributed by atoms with Gasteiger partial charge in [-0.2, -0.15) is 5.10 Å². The van der Waals surface area contributed by atoms with Crippen molar-refractivity contribution in [2.45, 2.75) is 25.4 Å². The minimum atomic E-state index is -0.256. The molecular weight excluding hydrogens is 300 g/mol. The standard InChI is InChI=1S/C11H17BrN4O2/c12-10-9(14-5-8(13)7-1-2-7)6-15-16(3-4-17)11(10)18/h6-8,14,17H,1-5,13H2. The number of hydrogen-bond acceptors (Lipinski definition) is 5. The highest BCUT2D eigenvalue weighted by molar-refractivity contribution is 9.10. The van der Waals surface area contributed by atoms with E-state index < -0.39 is 0 Å². The van der Waals surface area contributed by atoms with Crippen molar-refractivity contribution in [3.05, 3.63) is 21.0 Å². The molecule has 1 saturated carbocycles. The van der Waals surface area contributed by atoms with Crippen molar-refractivity contribution in [3.63, 3.8) is 0 Å². The molecule has 1 unspecified atom stereocenters. The third-order valence-corrected chi connectivity index (χ3v) is 3.82. The van der Waals surface area contributed by atoms with Crippen LogP contribution in [0.5, 0.6) is 0 Å². The summed E-state index contributed by atoms with van der Waals surface area (Å²) < 4.78 is 1.64. The van der Waals surface area contributed by atoms with Crippen LogP contribution in [-0.2, 0) is 6.54 Å². The lowest BCUT2D eigenvalue weighted by atomic mass is 10.2. The summed E-state index contributed by atoms with van der Waals surface area (Å²) in [5.41, 5.74) is 6.37. The molecule has 0 amide bonds. The van der Waals surface area contributed by atoms with Gasteiger partial charge in [0.1, 0.15) is 4.47 Å². The van der Waals surface area contributed by atoms with Crippen molar-refractivity contribution in [1.82, 2.24) is 9.78 Å². The lowest BCUT2D eigenvalue weighted by Crippen LogP contribution is -2.32. The van der Waals surface area contributed by atoms with E-state index in [0.717, 1.165) is 0 Å². The second-order valence-corrected chi connectivity index (χ2v) is 5.30. The molecule has 7 heteroatoms. The number of rotatable bonds is 6. The van der Waals surface area contributed by atoms with Gasteiger partial charge in [0.25, 0.3) is 5.56 Å². The molecule has 4 N–H and O–H groups in total. The van der Waals surface area contributed by atoms with Crippen LogP contribution in [0.3, 0.4) is 0 Å². The Morgan fingerprint density at radius 3 is 3.00 bits per heavy atom. The summed E-state index contributed by atoms with van der Waals surface area (Å²) in [4.78, 5) is 11.8.